The molecule has 0 spiro atoms. The van der Waals surface area contributed by atoms with Gasteiger partial charge in [-0.05, 0) is 12.5 Å². The summed E-state index contributed by atoms with van der Waals surface area (Å²) in [4.78, 5) is 0. The molecule has 0 bridgehead atoms. The molecule has 1 aromatic rings. The quantitative estimate of drug-likeness (QED) is 0.710. The van der Waals surface area contributed by atoms with E-state index >= 15 is 0 Å². The largest absolute Gasteiger partial charge is 0.388 e. The molecule has 0 aliphatic carbocycles. The van der Waals surface area contributed by atoms with Crippen molar-refractivity contribution in [2.24, 2.45) is 0 Å². The third-order valence-corrected chi connectivity index (χ3v) is 1.55. The van der Waals surface area contributed by atoms with E-state index < -0.39 is 0 Å². The van der Waals surface area contributed by atoms with Crippen LogP contribution >= 0.6 is 0 Å². The van der Waals surface area contributed by atoms with Gasteiger partial charge in [-0.15, -0.1) is 0 Å². The predicted octanol–water partition coefficient (Wildman–Crippen LogP) is 1.31. The van der Waals surface area contributed by atoms with Gasteiger partial charge in [0.05, 0.1) is 12.3 Å². The maximum absolute atomic E-state index is 9.45. The first-order chi connectivity index (χ1) is 5.34. The van der Waals surface area contributed by atoms with Crippen LogP contribution in [0.2, 0.25) is 0 Å². The van der Waals surface area contributed by atoms with Gasteiger partial charge in [-0.3, -0.25) is 0 Å². The van der Waals surface area contributed by atoms with Gasteiger partial charge < -0.3 is 5.11 Å². The van der Waals surface area contributed by atoms with Gasteiger partial charge in [-0.25, -0.2) is 0 Å². The zero-order valence-electron chi connectivity index (χ0n) is 6.57. The highest BCUT2D eigenvalue weighted by atomic mass is 16.3. The molecule has 1 N–H and O–H groups in total. The molecule has 0 saturated carbocycles. The predicted molar refractivity (Wildman–Crippen MR) is 41.9 cm³/mol. The molecule has 11 heavy (non-hydrogen) atoms. The Hall–Kier alpha value is -0.960. The van der Waals surface area contributed by atoms with Crippen molar-refractivity contribution in [3.63, 3.8) is 0 Å². The number of hydrogen-bond acceptors (Lipinski definition) is 3. The van der Waals surface area contributed by atoms with Crippen molar-refractivity contribution in [1.29, 1.82) is 0 Å². The summed E-state index contributed by atoms with van der Waals surface area (Å²) >= 11 is 0. The second-order valence-corrected chi connectivity index (χ2v) is 2.48. The molecule has 0 aliphatic heterocycles. The highest BCUT2D eigenvalue weighted by Gasteiger charge is 2.04. The molecule has 0 aliphatic rings. The Morgan fingerprint density at radius 2 is 2.36 bits per heavy atom. The Morgan fingerprint density at radius 3 is 2.91 bits per heavy atom. The van der Waals surface area contributed by atoms with Crippen LogP contribution in [0.5, 0.6) is 0 Å². The molecule has 1 heterocycles. The molecule has 1 aromatic heterocycles. The second-order valence-electron chi connectivity index (χ2n) is 2.48. The van der Waals surface area contributed by atoms with Crippen molar-refractivity contribution < 1.29 is 5.11 Å². The molecule has 0 amide bonds. The normalized spacial score (nSPS) is 12.9. The summed E-state index contributed by atoms with van der Waals surface area (Å²) in [6.07, 6.45) is 4.57. The van der Waals surface area contributed by atoms with Crippen LogP contribution in [0.1, 0.15) is 31.4 Å². The van der Waals surface area contributed by atoms with Gasteiger partial charge in [0.2, 0.25) is 0 Å². The number of nitrogens with zero attached hydrogens (tertiary/aromatic N) is 2. The maximum Gasteiger partial charge on any atom is 0.0806 e. The fraction of sp³-hybridized carbons (Fsp3) is 0.500. The molecule has 60 valence electrons. The summed E-state index contributed by atoms with van der Waals surface area (Å²) in [6, 6.07) is 1.79. The van der Waals surface area contributed by atoms with Crippen LogP contribution in [0.15, 0.2) is 18.5 Å². The van der Waals surface area contributed by atoms with Gasteiger partial charge in [-0.1, -0.05) is 13.3 Å². The van der Waals surface area contributed by atoms with Crippen molar-refractivity contribution in [2.75, 3.05) is 0 Å². The van der Waals surface area contributed by atoms with E-state index in [-0.39, 0.29) is 6.10 Å². The second kappa shape index (κ2) is 4.03. The van der Waals surface area contributed by atoms with E-state index in [9.17, 15) is 5.11 Å². The van der Waals surface area contributed by atoms with Crippen LogP contribution in [-0.4, -0.2) is 15.3 Å². The van der Waals surface area contributed by atoms with Crippen LogP contribution in [-0.2, 0) is 0 Å². The van der Waals surface area contributed by atoms with Crippen molar-refractivity contribution >= 4 is 0 Å². The smallest absolute Gasteiger partial charge is 0.0806 e. The van der Waals surface area contributed by atoms with E-state index in [0.29, 0.717) is 0 Å². The number of aromatic nitrogens is 2. The molecule has 1 atom stereocenters. The third-order valence-electron chi connectivity index (χ3n) is 1.55. The Bertz CT molecular complexity index is 201. The van der Waals surface area contributed by atoms with E-state index in [2.05, 4.69) is 10.2 Å². The lowest BCUT2D eigenvalue weighted by Crippen LogP contribution is -1.97. The molecular formula is C8H12N2O. The van der Waals surface area contributed by atoms with Crippen molar-refractivity contribution in [3.8, 4) is 0 Å². The minimum Gasteiger partial charge on any atom is -0.388 e. The minimum absolute atomic E-state index is 0.379. The molecule has 0 fully saturated rings. The summed E-state index contributed by atoms with van der Waals surface area (Å²) in [6.45, 7) is 2.04. The molecular weight excluding hydrogens is 140 g/mol. The number of hydrogen-bond donors (Lipinski definition) is 1. The first-order valence-corrected chi connectivity index (χ1v) is 3.79. The Labute approximate surface area is 66.1 Å². The highest BCUT2D eigenvalue weighted by Crippen LogP contribution is 2.15. The average molecular weight is 152 g/mol. The van der Waals surface area contributed by atoms with E-state index in [1.807, 2.05) is 6.92 Å². The minimum atomic E-state index is -0.379. The lowest BCUT2D eigenvalue weighted by atomic mass is 10.1. The molecule has 1 unspecified atom stereocenters. The number of aliphatic hydroxyl groups excluding tert-OH is 1. The average Bonchev–Trinajstić information content (AvgIpc) is 2.07. The maximum atomic E-state index is 9.45. The molecule has 0 aromatic carbocycles. The van der Waals surface area contributed by atoms with Crippen LogP contribution in [0.25, 0.3) is 0 Å². The van der Waals surface area contributed by atoms with Crippen LogP contribution in [0, 0.1) is 0 Å². The summed E-state index contributed by atoms with van der Waals surface area (Å²) in [5.74, 6) is 0. The Morgan fingerprint density at radius 1 is 1.55 bits per heavy atom. The van der Waals surface area contributed by atoms with Crippen molar-refractivity contribution in [1.82, 2.24) is 10.2 Å². The summed E-state index contributed by atoms with van der Waals surface area (Å²) in [5, 5.41) is 16.8. The molecule has 0 radical (unpaired) electrons. The standard InChI is InChI=1S/C8H12N2O/c1-2-3-8(11)7-4-5-9-10-6-7/h4-6,8,11H,2-3H2,1H3. The van der Waals surface area contributed by atoms with Crippen molar-refractivity contribution in [3.05, 3.63) is 24.0 Å². The van der Waals surface area contributed by atoms with E-state index in [1.165, 1.54) is 0 Å². The zero-order valence-corrected chi connectivity index (χ0v) is 6.57. The lowest BCUT2D eigenvalue weighted by Gasteiger charge is -2.06. The number of rotatable bonds is 3. The molecule has 3 nitrogen and oxygen atoms in total. The Balaban J connectivity index is 2.61. The fourth-order valence-corrected chi connectivity index (χ4v) is 0.938. The van der Waals surface area contributed by atoms with E-state index in [1.54, 1.807) is 18.5 Å². The third kappa shape index (κ3) is 2.27. The van der Waals surface area contributed by atoms with E-state index in [0.717, 1.165) is 18.4 Å². The van der Waals surface area contributed by atoms with Gasteiger partial charge in [0.25, 0.3) is 0 Å². The SMILES string of the molecule is CCCC(O)c1ccnnc1. The van der Waals surface area contributed by atoms with Gasteiger partial charge in [0.15, 0.2) is 0 Å². The summed E-state index contributed by atoms with van der Waals surface area (Å²) < 4.78 is 0. The topological polar surface area (TPSA) is 46.0 Å². The molecule has 0 saturated heterocycles. The summed E-state index contributed by atoms with van der Waals surface area (Å²) in [5.41, 5.74) is 0.849. The molecule has 1 rings (SSSR count). The van der Waals surface area contributed by atoms with Crippen LogP contribution in [0.4, 0.5) is 0 Å². The van der Waals surface area contributed by atoms with Crippen molar-refractivity contribution in [2.45, 2.75) is 25.9 Å². The van der Waals surface area contributed by atoms with Gasteiger partial charge in [0, 0.05) is 11.8 Å². The van der Waals surface area contributed by atoms with Gasteiger partial charge in [-0.2, -0.15) is 10.2 Å². The van der Waals surface area contributed by atoms with Gasteiger partial charge in [0.1, 0.15) is 0 Å². The first kappa shape index (κ1) is 8.14. The van der Waals surface area contributed by atoms with Gasteiger partial charge >= 0.3 is 0 Å². The van der Waals surface area contributed by atoms with Crippen LogP contribution in [0.3, 0.4) is 0 Å². The zero-order chi connectivity index (χ0) is 8.10. The van der Waals surface area contributed by atoms with E-state index in [4.69, 9.17) is 0 Å². The number of aliphatic hydroxyl groups is 1. The first-order valence-electron chi connectivity index (χ1n) is 3.79. The van der Waals surface area contributed by atoms with Crippen LogP contribution < -0.4 is 0 Å². The molecule has 3 heteroatoms. The lowest BCUT2D eigenvalue weighted by molar-refractivity contribution is 0.166. The highest BCUT2D eigenvalue weighted by molar-refractivity contribution is 5.08. The summed E-state index contributed by atoms with van der Waals surface area (Å²) in [7, 11) is 0. The fourth-order valence-electron chi connectivity index (χ4n) is 0.938. The monoisotopic (exact) mass is 152 g/mol. The Kier molecular flexibility index (Phi) is 2.98.